The van der Waals surface area contributed by atoms with Gasteiger partial charge in [0, 0.05) is 15.6 Å². The normalized spacial score (nSPS) is 10.3. The fourth-order valence-electron chi connectivity index (χ4n) is 2.04. The minimum atomic E-state index is -0.971. The van der Waals surface area contributed by atoms with Crippen LogP contribution in [0.4, 0.5) is 0 Å². The van der Waals surface area contributed by atoms with E-state index in [4.69, 9.17) is 9.84 Å². The first kappa shape index (κ1) is 16.2. The first-order chi connectivity index (χ1) is 10.5. The van der Waals surface area contributed by atoms with Crippen LogP contribution >= 0.6 is 15.9 Å². The Morgan fingerprint density at radius 2 is 1.86 bits per heavy atom. The van der Waals surface area contributed by atoms with Gasteiger partial charge in [-0.2, -0.15) is 0 Å². The van der Waals surface area contributed by atoms with Gasteiger partial charge in [-0.25, -0.2) is 0 Å². The standard InChI is InChI=1S/C17H15BrO4/c1-11(19)14-7-13(8-17(20)21)16(9-15(14)18)22-10-12-5-3-2-4-6-12/h2-7,9H,8,10H2,1H3,(H,20,21). The summed E-state index contributed by atoms with van der Waals surface area (Å²) in [4.78, 5) is 22.6. The van der Waals surface area contributed by atoms with E-state index in [1.54, 1.807) is 12.1 Å². The maximum Gasteiger partial charge on any atom is 0.307 e. The molecule has 0 aliphatic carbocycles. The van der Waals surface area contributed by atoms with E-state index < -0.39 is 5.97 Å². The lowest BCUT2D eigenvalue weighted by atomic mass is 10.0. The van der Waals surface area contributed by atoms with Gasteiger partial charge in [-0.3, -0.25) is 9.59 Å². The highest BCUT2D eigenvalue weighted by atomic mass is 79.9. The highest BCUT2D eigenvalue weighted by molar-refractivity contribution is 9.10. The smallest absolute Gasteiger partial charge is 0.307 e. The highest BCUT2D eigenvalue weighted by Crippen LogP contribution is 2.29. The summed E-state index contributed by atoms with van der Waals surface area (Å²) in [5.74, 6) is -0.641. The fourth-order valence-corrected chi connectivity index (χ4v) is 2.64. The molecule has 22 heavy (non-hydrogen) atoms. The van der Waals surface area contributed by atoms with Crippen molar-refractivity contribution in [1.82, 2.24) is 0 Å². The quantitative estimate of drug-likeness (QED) is 0.792. The van der Waals surface area contributed by atoms with Crippen LogP contribution in [0, 0.1) is 0 Å². The maximum atomic E-state index is 11.6. The Balaban J connectivity index is 2.30. The van der Waals surface area contributed by atoms with E-state index in [0.717, 1.165) is 5.56 Å². The van der Waals surface area contributed by atoms with Crippen molar-refractivity contribution in [1.29, 1.82) is 0 Å². The van der Waals surface area contributed by atoms with E-state index in [1.807, 2.05) is 30.3 Å². The molecular weight excluding hydrogens is 348 g/mol. The molecule has 2 rings (SSSR count). The number of hydrogen-bond acceptors (Lipinski definition) is 3. The Bertz CT molecular complexity index is 695. The topological polar surface area (TPSA) is 63.6 Å². The van der Waals surface area contributed by atoms with Crippen molar-refractivity contribution in [2.75, 3.05) is 0 Å². The number of aliphatic carboxylic acids is 1. The predicted molar refractivity (Wildman–Crippen MR) is 86.3 cm³/mol. The second-order valence-corrected chi connectivity index (χ2v) is 5.70. The lowest BCUT2D eigenvalue weighted by Gasteiger charge is -2.13. The van der Waals surface area contributed by atoms with Gasteiger partial charge < -0.3 is 9.84 Å². The minimum Gasteiger partial charge on any atom is -0.489 e. The van der Waals surface area contributed by atoms with Crippen LogP contribution in [-0.4, -0.2) is 16.9 Å². The molecule has 0 atom stereocenters. The van der Waals surface area contributed by atoms with Gasteiger partial charge in [-0.1, -0.05) is 30.3 Å². The molecule has 0 heterocycles. The lowest BCUT2D eigenvalue weighted by Crippen LogP contribution is -2.06. The Kier molecular flexibility index (Phi) is 5.33. The minimum absolute atomic E-state index is 0.131. The third-order valence-electron chi connectivity index (χ3n) is 3.11. The molecule has 2 aromatic carbocycles. The van der Waals surface area contributed by atoms with Crippen LogP contribution < -0.4 is 4.74 Å². The molecule has 0 fully saturated rings. The van der Waals surface area contributed by atoms with E-state index in [2.05, 4.69) is 15.9 Å². The van der Waals surface area contributed by atoms with Crippen molar-refractivity contribution in [2.45, 2.75) is 20.0 Å². The van der Waals surface area contributed by atoms with Crippen LogP contribution in [0.5, 0.6) is 5.75 Å². The number of ketones is 1. The van der Waals surface area contributed by atoms with Crippen LogP contribution in [0.3, 0.4) is 0 Å². The maximum absolute atomic E-state index is 11.6. The third-order valence-corrected chi connectivity index (χ3v) is 3.76. The summed E-state index contributed by atoms with van der Waals surface area (Å²) in [5, 5.41) is 9.02. The SMILES string of the molecule is CC(=O)c1cc(CC(=O)O)c(OCc2ccccc2)cc1Br. The molecule has 4 nitrogen and oxygen atoms in total. The summed E-state index contributed by atoms with van der Waals surface area (Å²) in [6.07, 6.45) is -0.197. The van der Waals surface area contributed by atoms with Crippen molar-refractivity contribution < 1.29 is 19.4 Å². The zero-order chi connectivity index (χ0) is 16.1. The first-order valence-corrected chi connectivity index (χ1v) is 7.48. The first-order valence-electron chi connectivity index (χ1n) is 6.69. The number of Topliss-reactive ketones (excluding diaryl/α,β-unsaturated/α-hetero) is 1. The second kappa shape index (κ2) is 7.22. The summed E-state index contributed by atoms with van der Waals surface area (Å²) in [6, 6.07) is 12.8. The molecule has 2 aromatic rings. The van der Waals surface area contributed by atoms with Gasteiger partial charge in [0.25, 0.3) is 0 Å². The summed E-state index contributed by atoms with van der Waals surface area (Å²) in [6.45, 7) is 1.77. The number of carboxylic acids is 1. The van der Waals surface area contributed by atoms with Crippen LogP contribution in [0.2, 0.25) is 0 Å². The molecule has 0 aliphatic rings. The number of benzene rings is 2. The average Bonchev–Trinajstić information content (AvgIpc) is 2.47. The van der Waals surface area contributed by atoms with E-state index in [0.29, 0.717) is 28.0 Å². The van der Waals surface area contributed by atoms with Crippen LogP contribution in [-0.2, 0) is 17.8 Å². The molecule has 0 unspecified atom stereocenters. The van der Waals surface area contributed by atoms with E-state index in [-0.39, 0.29) is 12.2 Å². The van der Waals surface area contributed by atoms with Crippen molar-refractivity contribution >= 4 is 27.7 Å². The number of rotatable bonds is 6. The number of carbonyl (C=O) groups is 2. The number of halogens is 1. The number of carboxylic acid groups (broad SMARTS) is 1. The Morgan fingerprint density at radius 1 is 1.18 bits per heavy atom. The molecule has 0 radical (unpaired) electrons. The van der Waals surface area contributed by atoms with Crippen molar-refractivity contribution in [3.8, 4) is 5.75 Å². The molecule has 114 valence electrons. The Labute approximate surface area is 136 Å². The van der Waals surface area contributed by atoms with Gasteiger partial charge in [0.15, 0.2) is 5.78 Å². The van der Waals surface area contributed by atoms with Crippen LogP contribution in [0.25, 0.3) is 0 Å². The molecule has 5 heteroatoms. The summed E-state index contributed by atoms with van der Waals surface area (Å²) >= 11 is 3.33. The molecule has 0 aromatic heterocycles. The summed E-state index contributed by atoms with van der Waals surface area (Å²) in [5.41, 5.74) is 1.91. The highest BCUT2D eigenvalue weighted by Gasteiger charge is 2.15. The van der Waals surface area contributed by atoms with Gasteiger partial charge in [-0.15, -0.1) is 0 Å². The van der Waals surface area contributed by atoms with E-state index >= 15 is 0 Å². The molecule has 0 bridgehead atoms. The molecular formula is C17H15BrO4. The molecule has 1 N–H and O–H groups in total. The second-order valence-electron chi connectivity index (χ2n) is 4.84. The molecule has 0 aliphatic heterocycles. The van der Waals surface area contributed by atoms with Gasteiger partial charge in [-0.05, 0) is 40.5 Å². The van der Waals surface area contributed by atoms with Crippen molar-refractivity contribution in [2.24, 2.45) is 0 Å². The summed E-state index contributed by atoms with van der Waals surface area (Å²) < 4.78 is 6.33. The Morgan fingerprint density at radius 3 is 2.45 bits per heavy atom. The van der Waals surface area contributed by atoms with E-state index in [9.17, 15) is 9.59 Å². The van der Waals surface area contributed by atoms with Gasteiger partial charge in [0.05, 0.1) is 6.42 Å². The third kappa shape index (κ3) is 4.18. The van der Waals surface area contributed by atoms with Crippen molar-refractivity contribution in [3.63, 3.8) is 0 Å². The number of hydrogen-bond donors (Lipinski definition) is 1. The van der Waals surface area contributed by atoms with Crippen LogP contribution in [0.15, 0.2) is 46.9 Å². The molecule has 0 amide bonds. The number of carbonyl (C=O) groups excluding carboxylic acids is 1. The predicted octanol–water partition coefficient (Wildman–Crippen LogP) is 3.86. The Hall–Kier alpha value is -2.14. The zero-order valence-corrected chi connectivity index (χ0v) is 13.6. The van der Waals surface area contributed by atoms with Gasteiger partial charge in [0.2, 0.25) is 0 Å². The van der Waals surface area contributed by atoms with Gasteiger partial charge >= 0.3 is 5.97 Å². The number of ether oxygens (including phenoxy) is 1. The zero-order valence-electron chi connectivity index (χ0n) is 12.0. The monoisotopic (exact) mass is 362 g/mol. The molecule has 0 spiro atoms. The van der Waals surface area contributed by atoms with Crippen molar-refractivity contribution in [3.05, 3.63) is 63.6 Å². The van der Waals surface area contributed by atoms with Crippen LogP contribution in [0.1, 0.15) is 28.4 Å². The lowest BCUT2D eigenvalue weighted by molar-refractivity contribution is -0.136. The average molecular weight is 363 g/mol. The summed E-state index contributed by atoms with van der Waals surface area (Å²) in [7, 11) is 0. The molecule has 0 saturated heterocycles. The fraction of sp³-hybridized carbons (Fsp3) is 0.176. The largest absolute Gasteiger partial charge is 0.489 e. The van der Waals surface area contributed by atoms with Gasteiger partial charge in [0.1, 0.15) is 12.4 Å². The van der Waals surface area contributed by atoms with E-state index in [1.165, 1.54) is 6.92 Å². The molecule has 0 saturated carbocycles.